The van der Waals surface area contributed by atoms with Crippen LogP contribution in [0.25, 0.3) is 0 Å². The Hall–Kier alpha value is -2.76. The Morgan fingerprint density at radius 1 is 1.05 bits per heavy atom. The van der Waals surface area contributed by atoms with E-state index in [4.69, 9.17) is 0 Å². The largest absolute Gasteiger partial charge is 0.274 e. The average molecular weight is 283 g/mol. The van der Waals surface area contributed by atoms with Gasteiger partial charge in [0, 0.05) is 25.4 Å². The number of carbonyl (C=O) groups is 3. The number of aromatic nitrogens is 2. The van der Waals surface area contributed by atoms with Gasteiger partial charge < -0.3 is 0 Å². The van der Waals surface area contributed by atoms with Gasteiger partial charge in [-0.15, -0.1) is 0 Å². The van der Waals surface area contributed by atoms with E-state index in [1.807, 2.05) is 0 Å². The van der Waals surface area contributed by atoms with Gasteiger partial charge >= 0.3 is 0 Å². The van der Waals surface area contributed by atoms with Crippen molar-refractivity contribution in [3.8, 4) is 0 Å². The Morgan fingerprint density at radius 2 is 1.71 bits per heavy atom. The first-order chi connectivity index (χ1) is 10.2. The van der Waals surface area contributed by atoms with Gasteiger partial charge in [0.25, 0.3) is 11.8 Å². The van der Waals surface area contributed by atoms with Crippen molar-refractivity contribution >= 4 is 17.7 Å². The number of benzene rings is 1. The Kier molecular flexibility index (Phi) is 3.35. The van der Waals surface area contributed by atoms with E-state index in [2.05, 4.69) is 5.10 Å². The Balaban J connectivity index is 1.61. The molecule has 0 atom stereocenters. The summed E-state index contributed by atoms with van der Waals surface area (Å²) in [5, 5.41) is 3.85. The average Bonchev–Trinajstić information content (AvgIpc) is 3.11. The summed E-state index contributed by atoms with van der Waals surface area (Å²) in [6.07, 6.45) is 3.76. The predicted octanol–water partition coefficient (Wildman–Crippen LogP) is 1.60. The zero-order valence-electron chi connectivity index (χ0n) is 11.2. The molecule has 2 aromatic rings. The second-order valence-corrected chi connectivity index (χ2v) is 4.76. The maximum absolute atomic E-state index is 12.1. The standard InChI is InChI=1S/C15H13N3O3/c19-13(18-10-4-8-16-18)7-3-9-17-14(20)11-5-1-2-6-12(11)15(17)21/h1-2,4-6,8,10H,3,7,9H2. The molecule has 21 heavy (non-hydrogen) atoms. The third-order valence-electron chi connectivity index (χ3n) is 3.41. The molecule has 0 saturated carbocycles. The number of nitrogens with zero attached hydrogens (tertiary/aromatic N) is 3. The van der Waals surface area contributed by atoms with Crippen molar-refractivity contribution < 1.29 is 14.4 Å². The lowest BCUT2D eigenvalue weighted by atomic mass is 10.1. The van der Waals surface area contributed by atoms with E-state index in [9.17, 15) is 14.4 Å². The number of hydrogen-bond donors (Lipinski definition) is 0. The lowest BCUT2D eigenvalue weighted by molar-refractivity contribution is 0.0643. The quantitative estimate of drug-likeness (QED) is 0.799. The summed E-state index contributed by atoms with van der Waals surface area (Å²) >= 11 is 0. The van der Waals surface area contributed by atoms with Gasteiger partial charge in [0.1, 0.15) is 0 Å². The lowest BCUT2D eigenvalue weighted by Gasteiger charge is -2.13. The third-order valence-corrected chi connectivity index (χ3v) is 3.41. The van der Waals surface area contributed by atoms with E-state index in [1.165, 1.54) is 15.8 Å². The maximum Gasteiger partial charge on any atom is 0.261 e. The van der Waals surface area contributed by atoms with Crippen molar-refractivity contribution in [2.75, 3.05) is 6.54 Å². The first-order valence-electron chi connectivity index (χ1n) is 6.66. The Morgan fingerprint density at radius 3 is 2.29 bits per heavy atom. The smallest absolute Gasteiger partial charge is 0.261 e. The van der Waals surface area contributed by atoms with E-state index in [0.717, 1.165) is 0 Å². The summed E-state index contributed by atoms with van der Waals surface area (Å²) in [6, 6.07) is 8.42. The number of imide groups is 1. The fourth-order valence-corrected chi connectivity index (χ4v) is 2.36. The molecule has 2 amide bonds. The number of fused-ring (bicyclic) bond motifs is 1. The van der Waals surface area contributed by atoms with E-state index in [1.54, 1.807) is 36.5 Å². The van der Waals surface area contributed by atoms with Gasteiger partial charge in [-0.3, -0.25) is 19.3 Å². The molecule has 1 aromatic carbocycles. The maximum atomic E-state index is 12.1. The highest BCUT2D eigenvalue weighted by Crippen LogP contribution is 2.22. The molecule has 0 spiro atoms. The molecule has 0 radical (unpaired) electrons. The van der Waals surface area contributed by atoms with Crippen LogP contribution < -0.4 is 0 Å². The summed E-state index contributed by atoms with van der Waals surface area (Å²) in [4.78, 5) is 37.2. The van der Waals surface area contributed by atoms with Gasteiger partial charge in [-0.25, -0.2) is 4.68 Å². The van der Waals surface area contributed by atoms with Crippen molar-refractivity contribution in [1.82, 2.24) is 14.7 Å². The Labute approximate surface area is 121 Å². The molecule has 1 aliphatic heterocycles. The van der Waals surface area contributed by atoms with E-state index in [-0.39, 0.29) is 30.7 Å². The molecule has 0 N–H and O–H groups in total. The number of rotatable bonds is 4. The van der Waals surface area contributed by atoms with Crippen LogP contribution in [0, 0.1) is 0 Å². The molecule has 6 heteroatoms. The highest BCUT2D eigenvalue weighted by Gasteiger charge is 2.34. The van der Waals surface area contributed by atoms with Crippen LogP contribution in [0.5, 0.6) is 0 Å². The van der Waals surface area contributed by atoms with Crippen LogP contribution in [-0.2, 0) is 0 Å². The van der Waals surface area contributed by atoms with E-state index < -0.39 is 0 Å². The number of carbonyl (C=O) groups excluding carboxylic acids is 3. The summed E-state index contributed by atoms with van der Waals surface area (Å²) in [6.45, 7) is 0.235. The molecule has 0 bridgehead atoms. The van der Waals surface area contributed by atoms with Crippen molar-refractivity contribution in [2.24, 2.45) is 0 Å². The van der Waals surface area contributed by atoms with Gasteiger partial charge in [-0.05, 0) is 24.6 Å². The highest BCUT2D eigenvalue weighted by molar-refractivity contribution is 6.21. The summed E-state index contributed by atoms with van der Waals surface area (Å²) in [5.41, 5.74) is 0.863. The van der Waals surface area contributed by atoms with Crippen LogP contribution in [0.1, 0.15) is 38.4 Å². The molecular formula is C15H13N3O3. The zero-order chi connectivity index (χ0) is 14.8. The number of hydrogen-bond acceptors (Lipinski definition) is 4. The molecule has 1 aliphatic rings. The first-order valence-corrected chi connectivity index (χ1v) is 6.66. The summed E-state index contributed by atoms with van der Waals surface area (Å²) in [7, 11) is 0. The van der Waals surface area contributed by atoms with Crippen LogP contribution in [0.4, 0.5) is 0 Å². The minimum Gasteiger partial charge on any atom is -0.274 e. The van der Waals surface area contributed by atoms with Crippen molar-refractivity contribution in [3.05, 3.63) is 53.9 Å². The molecule has 1 aromatic heterocycles. The minimum atomic E-state index is -0.290. The molecule has 106 valence electrons. The van der Waals surface area contributed by atoms with E-state index >= 15 is 0 Å². The predicted molar refractivity (Wildman–Crippen MR) is 73.9 cm³/mol. The van der Waals surface area contributed by atoms with Crippen LogP contribution >= 0.6 is 0 Å². The first kappa shape index (κ1) is 13.2. The monoisotopic (exact) mass is 283 g/mol. The topological polar surface area (TPSA) is 72.3 Å². The van der Waals surface area contributed by atoms with Gasteiger partial charge in [-0.2, -0.15) is 5.10 Å². The van der Waals surface area contributed by atoms with Gasteiger partial charge in [-0.1, -0.05) is 12.1 Å². The van der Waals surface area contributed by atoms with Crippen molar-refractivity contribution in [3.63, 3.8) is 0 Å². The molecular weight excluding hydrogens is 270 g/mol. The third kappa shape index (κ3) is 2.35. The summed E-state index contributed by atoms with van der Waals surface area (Å²) < 4.78 is 1.25. The van der Waals surface area contributed by atoms with Crippen LogP contribution in [-0.4, -0.2) is 38.9 Å². The van der Waals surface area contributed by atoms with Crippen molar-refractivity contribution in [1.29, 1.82) is 0 Å². The van der Waals surface area contributed by atoms with E-state index in [0.29, 0.717) is 17.5 Å². The molecule has 0 fully saturated rings. The number of amides is 2. The minimum absolute atomic E-state index is 0.156. The lowest BCUT2D eigenvalue weighted by Crippen LogP contribution is -2.31. The van der Waals surface area contributed by atoms with Crippen molar-refractivity contribution in [2.45, 2.75) is 12.8 Å². The molecule has 2 heterocycles. The van der Waals surface area contributed by atoms with Crippen LogP contribution in [0.3, 0.4) is 0 Å². The molecule has 3 rings (SSSR count). The summed E-state index contributed by atoms with van der Waals surface area (Å²) in [5.74, 6) is -0.735. The molecule has 0 unspecified atom stereocenters. The second kappa shape index (κ2) is 5.32. The van der Waals surface area contributed by atoms with Gasteiger partial charge in [0.05, 0.1) is 11.1 Å². The zero-order valence-corrected chi connectivity index (χ0v) is 11.2. The fourth-order valence-electron chi connectivity index (χ4n) is 2.36. The second-order valence-electron chi connectivity index (χ2n) is 4.76. The van der Waals surface area contributed by atoms with Crippen LogP contribution in [0.15, 0.2) is 42.7 Å². The SMILES string of the molecule is O=C1c2ccccc2C(=O)N1CCCC(=O)n1cccn1. The normalized spacial score (nSPS) is 13.6. The highest BCUT2D eigenvalue weighted by atomic mass is 16.2. The molecule has 0 aliphatic carbocycles. The Bertz CT molecular complexity index is 672. The molecule has 6 nitrogen and oxygen atoms in total. The fraction of sp³-hybridized carbons (Fsp3) is 0.200. The van der Waals surface area contributed by atoms with Gasteiger partial charge in [0.15, 0.2) is 0 Å². The van der Waals surface area contributed by atoms with Gasteiger partial charge in [0.2, 0.25) is 5.91 Å². The van der Waals surface area contributed by atoms with Crippen LogP contribution in [0.2, 0.25) is 0 Å². The molecule has 0 saturated heterocycles.